The summed E-state index contributed by atoms with van der Waals surface area (Å²) in [5, 5.41) is 14.9. The number of benzene rings is 1. The topological polar surface area (TPSA) is 109 Å². The number of nitro groups is 1. The van der Waals surface area contributed by atoms with Gasteiger partial charge in [0, 0.05) is 25.7 Å². The van der Waals surface area contributed by atoms with Crippen LogP contribution in [0.3, 0.4) is 0 Å². The van der Waals surface area contributed by atoms with Gasteiger partial charge in [-0.1, -0.05) is 20.3 Å². The van der Waals surface area contributed by atoms with E-state index in [1.807, 2.05) is 12.1 Å². The van der Waals surface area contributed by atoms with Crippen molar-refractivity contribution >= 4 is 21.4 Å². The van der Waals surface area contributed by atoms with E-state index >= 15 is 0 Å². The number of nitrogens with zero attached hydrogens (tertiary/aromatic N) is 3. The summed E-state index contributed by atoms with van der Waals surface area (Å²) in [7, 11) is -3.78. The van der Waals surface area contributed by atoms with Gasteiger partial charge in [0.2, 0.25) is 10.0 Å². The lowest BCUT2D eigenvalue weighted by Crippen LogP contribution is -2.37. The number of furan rings is 1. The lowest BCUT2D eigenvalue weighted by Gasteiger charge is -2.33. The van der Waals surface area contributed by atoms with Crippen LogP contribution in [0.2, 0.25) is 0 Å². The largest absolute Gasteiger partial charge is 0.468 e. The van der Waals surface area contributed by atoms with Crippen LogP contribution in [0.1, 0.15) is 44.9 Å². The molecule has 9 nitrogen and oxygen atoms in total. The van der Waals surface area contributed by atoms with Gasteiger partial charge in [0.25, 0.3) is 5.69 Å². The third kappa shape index (κ3) is 5.25. The highest BCUT2D eigenvalue weighted by molar-refractivity contribution is 7.89. The summed E-state index contributed by atoms with van der Waals surface area (Å²) in [4.78, 5) is 13.4. The molecule has 10 heteroatoms. The van der Waals surface area contributed by atoms with Gasteiger partial charge >= 0.3 is 0 Å². The molecular formula is C21H30N4O5S. The molecular weight excluding hydrogens is 420 g/mol. The van der Waals surface area contributed by atoms with E-state index in [1.165, 1.54) is 22.9 Å². The Balaban J connectivity index is 1.85. The first-order valence-corrected chi connectivity index (χ1v) is 12.1. The van der Waals surface area contributed by atoms with E-state index in [9.17, 15) is 18.5 Å². The van der Waals surface area contributed by atoms with E-state index in [4.69, 9.17) is 4.42 Å². The second-order valence-electron chi connectivity index (χ2n) is 7.53. The summed E-state index contributed by atoms with van der Waals surface area (Å²) in [6.45, 7) is 6.37. The Kier molecular flexibility index (Phi) is 7.69. The summed E-state index contributed by atoms with van der Waals surface area (Å²) in [6.07, 6.45) is 5.04. The number of sulfonamides is 1. The Morgan fingerprint density at radius 1 is 1.19 bits per heavy atom. The molecule has 1 atom stereocenters. The molecule has 2 aromatic rings. The molecule has 0 spiro atoms. The highest BCUT2D eigenvalue weighted by Gasteiger charge is 2.28. The van der Waals surface area contributed by atoms with Crippen LogP contribution < -0.4 is 5.32 Å². The first kappa shape index (κ1) is 23.2. The molecule has 1 N–H and O–H groups in total. The van der Waals surface area contributed by atoms with Gasteiger partial charge in [-0.2, -0.15) is 4.31 Å². The molecule has 3 rings (SSSR count). The number of anilines is 1. The first-order valence-electron chi connectivity index (χ1n) is 10.7. The van der Waals surface area contributed by atoms with Crippen LogP contribution in [-0.2, 0) is 10.0 Å². The Hall–Kier alpha value is -2.43. The quantitative estimate of drug-likeness (QED) is 0.432. The maximum atomic E-state index is 12.8. The molecule has 1 aliphatic heterocycles. The van der Waals surface area contributed by atoms with Crippen LogP contribution in [0.25, 0.3) is 0 Å². The predicted octanol–water partition coefficient (Wildman–Crippen LogP) is 3.86. The number of hydrogen-bond donors (Lipinski definition) is 1. The molecule has 0 saturated carbocycles. The van der Waals surface area contributed by atoms with Gasteiger partial charge in [0.05, 0.1) is 22.1 Å². The maximum Gasteiger partial charge on any atom is 0.293 e. The van der Waals surface area contributed by atoms with Gasteiger partial charge in [-0.05, 0) is 50.2 Å². The number of piperidine rings is 1. The minimum atomic E-state index is -3.78. The fourth-order valence-corrected chi connectivity index (χ4v) is 5.49. The molecule has 1 saturated heterocycles. The molecule has 31 heavy (non-hydrogen) atoms. The number of likely N-dealkylation sites (tertiary alicyclic amines) is 1. The van der Waals surface area contributed by atoms with Crippen molar-refractivity contribution in [2.75, 3.05) is 38.0 Å². The lowest BCUT2D eigenvalue weighted by molar-refractivity contribution is -0.384. The summed E-state index contributed by atoms with van der Waals surface area (Å²) in [5.41, 5.74) is 0.0298. The van der Waals surface area contributed by atoms with Gasteiger partial charge in [0.1, 0.15) is 11.4 Å². The van der Waals surface area contributed by atoms with Crippen LogP contribution >= 0.6 is 0 Å². The van der Waals surface area contributed by atoms with Crippen molar-refractivity contribution in [3.63, 3.8) is 0 Å². The van der Waals surface area contributed by atoms with Crippen LogP contribution in [0.5, 0.6) is 0 Å². The Morgan fingerprint density at radius 2 is 1.90 bits per heavy atom. The molecule has 1 aromatic carbocycles. The predicted molar refractivity (Wildman–Crippen MR) is 119 cm³/mol. The summed E-state index contributed by atoms with van der Waals surface area (Å²) >= 11 is 0. The van der Waals surface area contributed by atoms with Gasteiger partial charge in [-0.25, -0.2) is 8.42 Å². The molecule has 0 amide bonds. The molecule has 0 aliphatic carbocycles. The fraction of sp³-hybridized carbons (Fsp3) is 0.524. The number of hydrogen-bond acceptors (Lipinski definition) is 7. The van der Waals surface area contributed by atoms with E-state index in [2.05, 4.69) is 10.2 Å². The molecule has 2 heterocycles. The van der Waals surface area contributed by atoms with Crippen LogP contribution in [0.15, 0.2) is 45.9 Å². The highest BCUT2D eigenvalue weighted by atomic mass is 32.2. The third-order valence-electron chi connectivity index (χ3n) is 5.70. The van der Waals surface area contributed by atoms with Gasteiger partial charge < -0.3 is 9.73 Å². The average Bonchev–Trinajstić information content (AvgIpc) is 3.30. The van der Waals surface area contributed by atoms with Crippen molar-refractivity contribution in [1.82, 2.24) is 9.21 Å². The summed E-state index contributed by atoms with van der Waals surface area (Å²) < 4.78 is 32.5. The van der Waals surface area contributed by atoms with E-state index in [0.717, 1.165) is 37.8 Å². The van der Waals surface area contributed by atoms with E-state index in [-0.39, 0.29) is 22.3 Å². The highest BCUT2D eigenvalue weighted by Crippen LogP contribution is 2.31. The molecule has 1 aliphatic rings. The van der Waals surface area contributed by atoms with Crippen LogP contribution in [-0.4, -0.2) is 55.3 Å². The van der Waals surface area contributed by atoms with E-state index in [0.29, 0.717) is 19.6 Å². The summed E-state index contributed by atoms with van der Waals surface area (Å²) in [5.74, 6) is 0.804. The normalized spacial score (nSPS) is 16.4. The van der Waals surface area contributed by atoms with Crippen LogP contribution in [0, 0.1) is 10.1 Å². The fourth-order valence-electron chi connectivity index (χ4n) is 4.01. The molecule has 0 bridgehead atoms. The van der Waals surface area contributed by atoms with Crippen molar-refractivity contribution in [3.8, 4) is 0 Å². The SMILES string of the molecule is CCN(CC)S(=O)(=O)c1ccc(NCC(c2ccco2)N2CCCCC2)c([N+](=O)[O-])c1. The average molecular weight is 451 g/mol. The Morgan fingerprint density at radius 3 is 2.48 bits per heavy atom. The zero-order valence-corrected chi connectivity index (χ0v) is 18.8. The second-order valence-corrected chi connectivity index (χ2v) is 9.47. The lowest BCUT2D eigenvalue weighted by atomic mass is 10.1. The molecule has 0 radical (unpaired) electrons. The van der Waals surface area contributed by atoms with Gasteiger partial charge in [0.15, 0.2) is 0 Å². The van der Waals surface area contributed by atoms with E-state index < -0.39 is 14.9 Å². The number of rotatable bonds is 10. The van der Waals surface area contributed by atoms with Crippen LogP contribution in [0.4, 0.5) is 11.4 Å². The Bertz CT molecular complexity index is 968. The number of nitrogens with one attached hydrogen (secondary N) is 1. The molecule has 1 aromatic heterocycles. The van der Waals surface area contributed by atoms with Gasteiger partial charge in [-0.15, -0.1) is 0 Å². The van der Waals surface area contributed by atoms with Gasteiger partial charge in [-0.3, -0.25) is 15.0 Å². The molecule has 170 valence electrons. The van der Waals surface area contributed by atoms with Crippen molar-refractivity contribution in [2.45, 2.75) is 44.0 Å². The molecule has 1 fully saturated rings. The smallest absolute Gasteiger partial charge is 0.293 e. The zero-order chi connectivity index (χ0) is 22.4. The third-order valence-corrected chi connectivity index (χ3v) is 7.74. The summed E-state index contributed by atoms with van der Waals surface area (Å²) in [6, 6.07) is 7.72. The van der Waals surface area contributed by atoms with E-state index in [1.54, 1.807) is 20.1 Å². The monoisotopic (exact) mass is 450 g/mol. The van der Waals surface area contributed by atoms with Crippen molar-refractivity contribution in [3.05, 3.63) is 52.5 Å². The minimum absolute atomic E-state index is 0.0611. The number of nitro benzene ring substituents is 1. The standard InChI is InChI=1S/C21H30N4O5S/c1-3-24(4-2)31(28,29)17-10-11-18(19(15-17)25(26)27)22-16-20(21-9-8-14-30-21)23-12-6-5-7-13-23/h8-11,14-15,20,22H,3-7,12-13,16H2,1-2H3. The van der Waals surface area contributed by atoms with Crippen molar-refractivity contribution < 1.29 is 17.8 Å². The molecule has 1 unspecified atom stereocenters. The first-order chi connectivity index (χ1) is 14.9. The van der Waals surface area contributed by atoms with Crippen molar-refractivity contribution in [1.29, 1.82) is 0 Å². The Labute approximate surface area is 183 Å². The zero-order valence-electron chi connectivity index (χ0n) is 18.0. The minimum Gasteiger partial charge on any atom is -0.468 e. The van der Waals surface area contributed by atoms with Crippen molar-refractivity contribution in [2.24, 2.45) is 0 Å². The maximum absolute atomic E-state index is 12.8. The second kappa shape index (κ2) is 10.3.